The maximum atomic E-state index is 13.0. The number of nitrogens with zero attached hydrogens (tertiary/aromatic N) is 6. The van der Waals surface area contributed by atoms with Gasteiger partial charge < -0.3 is 10.1 Å². The Bertz CT molecular complexity index is 1560. The number of ether oxygens (including phenoxy) is 1. The topological polar surface area (TPSA) is 136 Å². The standard InChI is InChI=1S/C26H25N7O3/c1-14-15(2)22(29-13-17(14)12-27)24(34)31-18-7-8-21-19(11-18)23(20-9-10-28-16(3)30-20)32-33(21)25(35)36-26(4,5)6/h7-11,13H,1-6H3,(H,31,34). The van der Waals surface area contributed by atoms with E-state index in [4.69, 9.17) is 4.74 Å². The lowest BCUT2D eigenvalue weighted by Crippen LogP contribution is -2.27. The zero-order valence-corrected chi connectivity index (χ0v) is 20.9. The molecule has 0 atom stereocenters. The second-order valence-corrected chi connectivity index (χ2v) is 9.30. The molecule has 10 heteroatoms. The quantitative estimate of drug-likeness (QED) is 0.442. The second kappa shape index (κ2) is 9.19. The molecule has 3 heterocycles. The van der Waals surface area contributed by atoms with E-state index in [1.807, 2.05) is 0 Å². The monoisotopic (exact) mass is 483 g/mol. The molecule has 0 unspecified atom stereocenters. The van der Waals surface area contributed by atoms with E-state index in [2.05, 4.69) is 31.4 Å². The number of nitriles is 1. The fourth-order valence-corrected chi connectivity index (χ4v) is 3.65. The summed E-state index contributed by atoms with van der Waals surface area (Å²) in [6.07, 6.45) is 2.37. The maximum Gasteiger partial charge on any atom is 0.435 e. The summed E-state index contributed by atoms with van der Waals surface area (Å²) in [5.74, 6) is 0.132. The number of benzene rings is 1. The first-order chi connectivity index (χ1) is 17.0. The van der Waals surface area contributed by atoms with Gasteiger partial charge >= 0.3 is 6.09 Å². The Kier molecular flexibility index (Phi) is 6.24. The summed E-state index contributed by atoms with van der Waals surface area (Å²) in [4.78, 5) is 38.7. The number of fused-ring (bicyclic) bond motifs is 1. The van der Waals surface area contributed by atoms with Crippen molar-refractivity contribution in [3.8, 4) is 17.5 Å². The van der Waals surface area contributed by atoms with Crippen molar-refractivity contribution in [1.82, 2.24) is 24.7 Å². The van der Waals surface area contributed by atoms with E-state index in [-0.39, 0.29) is 5.69 Å². The highest BCUT2D eigenvalue weighted by Gasteiger charge is 2.24. The van der Waals surface area contributed by atoms with Gasteiger partial charge in [-0.15, -0.1) is 0 Å². The van der Waals surface area contributed by atoms with Crippen LogP contribution in [0.1, 0.15) is 53.8 Å². The number of amides is 1. The minimum absolute atomic E-state index is 0.225. The lowest BCUT2D eigenvalue weighted by Gasteiger charge is -2.19. The molecule has 3 aromatic heterocycles. The molecule has 4 aromatic rings. The molecule has 0 spiro atoms. The average molecular weight is 484 g/mol. The van der Waals surface area contributed by atoms with Gasteiger partial charge in [-0.2, -0.15) is 15.0 Å². The van der Waals surface area contributed by atoms with Gasteiger partial charge in [0.1, 0.15) is 28.9 Å². The summed E-state index contributed by atoms with van der Waals surface area (Å²) in [6.45, 7) is 10.6. The van der Waals surface area contributed by atoms with E-state index in [1.54, 1.807) is 72.0 Å². The van der Waals surface area contributed by atoms with Crippen molar-refractivity contribution in [2.75, 3.05) is 5.32 Å². The molecule has 0 aliphatic rings. The highest BCUT2D eigenvalue weighted by atomic mass is 16.6. The first kappa shape index (κ1) is 24.5. The predicted octanol–water partition coefficient (Wildman–Crippen LogP) is 4.72. The molecule has 0 aliphatic heterocycles. The molecule has 0 saturated heterocycles. The lowest BCUT2D eigenvalue weighted by molar-refractivity contribution is 0.0523. The molecule has 1 amide bonds. The molecule has 4 rings (SSSR count). The van der Waals surface area contributed by atoms with Crippen LogP contribution in [0.25, 0.3) is 22.3 Å². The number of aromatic nitrogens is 5. The first-order valence-electron chi connectivity index (χ1n) is 11.2. The Hall–Kier alpha value is -4.65. The number of carbonyl (C=O) groups excluding carboxylic acids is 2. The highest BCUT2D eigenvalue weighted by molar-refractivity contribution is 6.06. The summed E-state index contributed by atoms with van der Waals surface area (Å²) >= 11 is 0. The molecule has 1 N–H and O–H groups in total. The number of hydrogen-bond donors (Lipinski definition) is 1. The molecule has 36 heavy (non-hydrogen) atoms. The molecular weight excluding hydrogens is 458 g/mol. The summed E-state index contributed by atoms with van der Waals surface area (Å²) in [5, 5.41) is 17.2. The third kappa shape index (κ3) is 4.77. The Balaban J connectivity index is 1.78. The molecule has 182 valence electrons. The number of carbonyl (C=O) groups is 2. The maximum absolute atomic E-state index is 13.0. The van der Waals surface area contributed by atoms with Gasteiger partial charge in [-0.25, -0.2) is 19.7 Å². The third-order valence-electron chi connectivity index (χ3n) is 5.50. The minimum atomic E-state index is -0.709. The van der Waals surface area contributed by atoms with Crippen molar-refractivity contribution >= 4 is 28.6 Å². The van der Waals surface area contributed by atoms with Crippen molar-refractivity contribution in [3.63, 3.8) is 0 Å². The molecule has 1 aromatic carbocycles. The lowest BCUT2D eigenvalue weighted by atomic mass is 10.0. The van der Waals surface area contributed by atoms with Gasteiger partial charge in [0.2, 0.25) is 0 Å². The summed E-state index contributed by atoms with van der Waals surface area (Å²) < 4.78 is 6.72. The molecule has 0 radical (unpaired) electrons. The molecule has 10 nitrogen and oxygen atoms in total. The van der Waals surface area contributed by atoms with Crippen LogP contribution in [0.4, 0.5) is 10.5 Å². The van der Waals surface area contributed by atoms with Crippen molar-refractivity contribution < 1.29 is 14.3 Å². The SMILES string of the molecule is Cc1nccc(-c2nn(C(=O)OC(C)(C)C)c3ccc(NC(=O)c4ncc(C#N)c(C)c4C)cc23)n1. The van der Waals surface area contributed by atoms with Crippen LogP contribution in [-0.4, -0.2) is 42.3 Å². The Morgan fingerprint density at radius 1 is 1.08 bits per heavy atom. The van der Waals surface area contributed by atoms with Crippen LogP contribution in [0, 0.1) is 32.1 Å². The smallest absolute Gasteiger partial charge is 0.435 e. The first-order valence-corrected chi connectivity index (χ1v) is 11.2. The van der Waals surface area contributed by atoms with E-state index in [9.17, 15) is 14.9 Å². The van der Waals surface area contributed by atoms with Crippen LogP contribution in [0.3, 0.4) is 0 Å². The van der Waals surface area contributed by atoms with Gasteiger partial charge in [0.25, 0.3) is 5.91 Å². The molecular formula is C26H25N7O3. The van der Waals surface area contributed by atoms with Gasteiger partial charge in [-0.05, 0) is 76.9 Å². The summed E-state index contributed by atoms with van der Waals surface area (Å²) in [6, 6.07) is 8.85. The third-order valence-corrected chi connectivity index (χ3v) is 5.50. The van der Waals surface area contributed by atoms with E-state index in [1.165, 1.54) is 10.9 Å². The van der Waals surface area contributed by atoms with Gasteiger partial charge in [0.05, 0.1) is 16.8 Å². The van der Waals surface area contributed by atoms with Crippen molar-refractivity contribution in [2.24, 2.45) is 0 Å². The van der Waals surface area contributed by atoms with Crippen molar-refractivity contribution in [2.45, 2.75) is 47.1 Å². The van der Waals surface area contributed by atoms with Gasteiger partial charge in [-0.3, -0.25) is 4.79 Å². The number of anilines is 1. The van der Waals surface area contributed by atoms with Gasteiger partial charge in [0, 0.05) is 23.5 Å². The number of nitrogens with one attached hydrogen (secondary N) is 1. The van der Waals surface area contributed by atoms with E-state index >= 15 is 0 Å². The Morgan fingerprint density at radius 3 is 2.50 bits per heavy atom. The minimum Gasteiger partial charge on any atom is -0.442 e. The van der Waals surface area contributed by atoms with Gasteiger partial charge in [0.15, 0.2) is 0 Å². The molecule has 0 bridgehead atoms. The fourth-order valence-electron chi connectivity index (χ4n) is 3.65. The van der Waals surface area contributed by atoms with Crippen LogP contribution in [-0.2, 0) is 4.74 Å². The molecule has 0 fully saturated rings. The van der Waals surface area contributed by atoms with Crippen LogP contribution in [0.15, 0.2) is 36.7 Å². The predicted molar refractivity (Wildman–Crippen MR) is 134 cm³/mol. The number of rotatable bonds is 3. The van der Waals surface area contributed by atoms with Gasteiger partial charge in [-0.1, -0.05) is 0 Å². The normalized spacial score (nSPS) is 11.2. The van der Waals surface area contributed by atoms with Crippen LogP contribution < -0.4 is 5.32 Å². The number of hydrogen-bond acceptors (Lipinski definition) is 8. The zero-order chi connectivity index (χ0) is 26.2. The van der Waals surface area contributed by atoms with Crippen LogP contribution in [0.5, 0.6) is 0 Å². The largest absolute Gasteiger partial charge is 0.442 e. The second-order valence-electron chi connectivity index (χ2n) is 9.30. The number of aryl methyl sites for hydroxylation is 1. The zero-order valence-electron chi connectivity index (χ0n) is 20.9. The number of pyridine rings is 1. The molecule has 0 saturated carbocycles. The Morgan fingerprint density at radius 2 is 1.83 bits per heavy atom. The summed E-state index contributed by atoms with van der Waals surface area (Å²) in [5.41, 5.74) is 3.21. The van der Waals surface area contributed by atoms with E-state index < -0.39 is 17.6 Å². The van der Waals surface area contributed by atoms with Crippen molar-refractivity contribution in [1.29, 1.82) is 5.26 Å². The molecule has 0 aliphatic carbocycles. The highest BCUT2D eigenvalue weighted by Crippen LogP contribution is 2.30. The van der Waals surface area contributed by atoms with E-state index in [0.29, 0.717) is 50.5 Å². The van der Waals surface area contributed by atoms with Crippen molar-refractivity contribution in [3.05, 3.63) is 64.9 Å². The van der Waals surface area contributed by atoms with Crippen LogP contribution in [0.2, 0.25) is 0 Å². The fraction of sp³-hybridized carbons (Fsp3) is 0.269. The average Bonchev–Trinajstić information content (AvgIpc) is 3.19. The Labute approximate surface area is 208 Å². The van der Waals surface area contributed by atoms with E-state index in [0.717, 1.165) is 0 Å². The summed E-state index contributed by atoms with van der Waals surface area (Å²) in [7, 11) is 0. The van der Waals surface area contributed by atoms with Crippen LogP contribution >= 0.6 is 0 Å².